The second-order valence-corrected chi connectivity index (χ2v) is 14.4. The SMILES string of the molecule is CCC=CCC=CCC=CCC=CCC=CCCCCCC(=O)n1c(=O)ccc2ccc(OCCCCNCCN=C3C=CCC4SCC=C34)cc21. The van der Waals surface area contributed by atoms with E-state index in [-0.39, 0.29) is 11.5 Å². The van der Waals surface area contributed by atoms with Gasteiger partial charge in [-0.05, 0) is 112 Å². The molecule has 1 atom stereocenters. The maximum Gasteiger partial charge on any atom is 0.257 e. The smallest absolute Gasteiger partial charge is 0.257 e. The van der Waals surface area contributed by atoms with E-state index < -0.39 is 0 Å². The molecule has 4 rings (SSSR count). The maximum atomic E-state index is 13.2. The van der Waals surface area contributed by atoms with E-state index in [9.17, 15) is 9.59 Å². The minimum absolute atomic E-state index is 0.156. The number of aromatic nitrogens is 1. The number of nitrogens with zero attached hydrogens (tertiary/aromatic N) is 2. The molecule has 1 aliphatic heterocycles. The van der Waals surface area contributed by atoms with Crippen molar-refractivity contribution in [1.29, 1.82) is 0 Å². The van der Waals surface area contributed by atoms with Gasteiger partial charge in [-0.2, -0.15) is 0 Å². The Hall–Kier alpha value is -3.94. The monoisotopic (exact) mass is 721 g/mol. The normalized spacial score (nSPS) is 16.9. The number of fused-ring (bicyclic) bond motifs is 2. The summed E-state index contributed by atoms with van der Waals surface area (Å²) in [6.07, 6.45) is 41.0. The highest BCUT2D eigenvalue weighted by atomic mass is 32.2. The van der Waals surface area contributed by atoms with Gasteiger partial charge in [-0.3, -0.25) is 14.6 Å². The molecule has 278 valence electrons. The number of unbranched alkanes of at least 4 members (excludes halogenated alkanes) is 4. The second-order valence-electron chi connectivity index (χ2n) is 13.1. The molecule has 1 aromatic carbocycles. The average molecular weight is 722 g/mol. The van der Waals surface area contributed by atoms with Gasteiger partial charge in [0.05, 0.1) is 24.4 Å². The molecule has 0 spiro atoms. The van der Waals surface area contributed by atoms with Crippen molar-refractivity contribution >= 4 is 34.3 Å². The van der Waals surface area contributed by atoms with Crippen molar-refractivity contribution < 1.29 is 9.53 Å². The summed E-state index contributed by atoms with van der Waals surface area (Å²) in [6, 6.07) is 8.92. The van der Waals surface area contributed by atoms with E-state index in [1.807, 2.05) is 30.0 Å². The van der Waals surface area contributed by atoms with E-state index in [2.05, 4.69) is 91.2 Å². The molecule has 0 saturated heterocycles. The summed E-state index contributed by atoms with van der Waals surface area (Å²) < 4.78 is 7.35. The third kappa shape index (κ3) is 15.0. The summed E-state index contributed by atoms with van der Waals surface area (Å²) in [7, 11) is 0. The zero-order valence-corrected chi connectivity index (χ0v) is 32.0. The fourth-order valence-electron chi connectivity index (χ4n) is 6.16. The molecule has 2 heterocycles. The number of pyridine rings is 1. The predicted molar refractivity (Wildman–Crippen MR) is 224 cm³/mol. The minimum Gasteiger partial charge on any atom is -0.494 e. The van der Waals surface area contributed by atoms with E-state index in [4.69, 9.17) is 9.73 Å². The van der Waals surface area contributed by atoms with Crippen LogP contribution in [0.5, 0.6) is 5.75 Å². The van der Waals surface area contributed by atoms with E-state index in [0.29, 0.717) is 29.5 Å². The van der Waals surface area contributed by atoms with Crippen LogP contribution in [0.4, 0.5) is 0 Å². The fourth-order valence-corrected chi connectivity index (χ4v) is 7.31. The van der Waals surface area contributed by atoms with Crippen LogP contribution >= 0.6 is 11.8 Å². The molecule has 6 nitrogen and oxygen atoms in total. The van der Waals surface area contributed by atoms with Gasteiger partial charge in [-0.25, -0.2) is 4.57 Å². The van der Waals surface area contributed by atoms with Crippen molar-refractivity contribution in [3.8, 4) is 5.75 Å². The first-order valence-corrected chi connectivity index (χ1v) is 20.5. The first-order valence-electron chi connectivity index (χ1n) is 19.5. The van der Waals surface area contributed by atoms with Gasteiger partial charge >= 0.3 is 0 Å². The number of rotatable bonds is 24. The number of hydrogen-bond donors (Lipinski definition) is 1. The molecule has 0 bridgehead atoms. The Kier molecular flexibility index (Phi) is 19.7. The van der Waals surface area contributed by atoms with Gasteiger partial charge in [0.25, 0.3) is 5.56 Å². The summed E-state index contributed by atoms with van der Waals surface area (Å²) >= 11 is 2.01. The van der Waals surface area contributed by atoms with Crippen LogP contribution in [0.2, 0.25) is 0 Å². The molecular weight excluding hydrogens is 663 g/mol. The Bertz CT molecular complexity index is 1690. The number of nitrogens with one attached hydrogen (secondary N) is 1. The molecule has 1 N–H and O–H groups in total. The highest BCUT2D eigenvalue weighted by Gasteiger charge is 2.24. The lowest BCUT2D eigenvalue weighted by atomic mass is 9.98. The number of aliphatic imine (C=N–C) groups is 1. The lowest BCUT2D eigenvalue weighted by Crippen LogP contribution is -2.26. The maximum absolute atomic E-state index is 13.2. The van der Waals surface area contributed by atoms with Crippen LogP contribution in [-0.4, -0.2) is 53.4 Å². The highest BCUT2D eigenvalue weighted by Crippen LogP contribution is 2.33. The van der Waals surface area contributed by atoms with Gasteiger partial charge < -0.3 is 10.1 Å². The van der Waals surface area contributed by atoms with E-state index in [1.165, 1.54) is 16.2 Å². The molecule has 2 aliphatic rings. The van der Waals surface area contributed by atoms with Crippen molar-refractivity contribution in [3.05, 3.63) is 125 Å². The van der Waals surface area contributed by atoms with Crippen molar-refractivity contribution in [2.45, 2.75) is 95.6 Å². The molecule has 0 fully saturated rings. The van der Waals surface area contributed by atoms with Gasteiger partial charge in [0.15, 0.2) is 0 Å². The van der Waals surface area contributed by atoms with E-state index in [0.717, 1.165) is 114 Å². The van der Waals surface area contributed by atoms with Gasteiger partial charge in [0.1, 0.15) is 5.75 Å². The van der Waals surface area contributed by atoms with Gasteiger partial charge in [0, 0.05) is 36.1 Å². The largest absolute Gasteiger partial charge is 0.494 e. The summed E-state index contributed by atoms with van der Waals surface area (Å²) in [5.74, 6) is 1.63. The first-order chi connectivity index (χ1) is 25.7. The fraction of sp³-hybridized carbons (Fsp3) is 0.444. The van der Waals surface area contributed by atoms with Crippen molar-refractivity contribution in [2.75, 3.05) is 32.0 Å². The van der Waals surface area contributed by atoms with Crippen LogP contribution in [0.1, 0.15) is 95.2 Å². The van der Waals surface area contributed by atoms with Crippen LogP contribution in [0, 0.1) is 0 Å². The van der Waals surface area contributed by atoms with Crippen LogP contribution in [0.15, 0.2) is 125 Å². The lowest BCUT2D eigenvalue weighted by molar-refractivity contribution is 0.0900. The summed E-state index contributed by atoms with van der Waals surface area (Å²) in [4.78, 5) is 30.8. The number of carbonyl (C=O) groups excluding carboxylic acids is 1. The lowest BCUT2D eigenvalue weighted by Gasteiger charge is -2.17. The molecule has 1 aromatic heterocycles. The van der Waals surface area contributed by atoms with Gasteiger partial charge in [0.2, 0.25) is 5.91 Å². The standard InChI is InChI=1S/C45H59N3O3S/c1-2-3-4-5-6-7-8-9-10-11-12-13-14-15-16-17-18-19-20-26-44(49)48-42-37-39(29-27-38(42)28-30-45(48)50)51-35-22-21-32-46-33-34-47-41-24-23-25-43-40(41)31-36-52-43/h3-4,6-7,9-10,12-13,15-16,23-24,27-31,37,43,46H,2,5,8,11,14,17-22,25-26,32-36H2,1H3. The van der Waals surface area contributed by atoms with E-state index >= 15 is 0 Å². The highest BCUT2D eigenvalue weighted by molar-refractivity contribution is 8.00. The van der Waals surface area contributed by atoms with Crippen molar-refractivity contribution in [3.63, 3.8) is 0 Å². The van der Waals surface area contributed by atoms with Crippen molar-refractivity contribution in [2.24, 2.45) is 4.99 Å². The summed E-state index contributed by atoms with van der Waals surface area (Å²) in [5, 5.41) is 4.95. The predicted octanol–water partition coefficient (Wildman–Crippen LogP) is 10.5. The van der Waals surface area contributed by atoms with Gasteiger partial charge in [-0.15, -0.1) is 11.8 Å². The van der Waals surface area contributed by atoms with Crippen LogP contribution in [0.25, 0.3) is 10.9 Å². The third-order valence-corrected chi connectivity index (χ3v) is 10.2. The number of thioether (sulfide) groups is 1. The Morgan fingerprint density at radius 2 is 1.62 bits per heavy atom. The number of allylic oxidation sites excluding steroid dienone is 12. The molecule has 7 heteroatoms. The van der Waals surface area contributed by atoms with Crippen molar-refractivity contribution in [1.82, 2.24) is 9.88 Å². The zero-order valence-electron chi connectivity index (χ0n) is 31.2. The molecule has 2 aromatic rings. The Morgan fingerprint density at radius 3 is 2.38 bits per heavy atom. The zero-order chi connectivity index (χ0) is 36.5. The summed E-state index contributed by atoms with van der Waals surface area (Å²) in [6.45, 7) is 5.30. The quantitative estimate of drug-likeness (QED) is 0.0863. The molecule has 1 aliphatic carbocycles. The van der Waals surface area contributed by atoms with Crippen LogP contribution in [0.3, 0.4) is 0 Å². The Balaban J connectivity index is 1.07. The van der Waals surface area contributed by atoms with Gasteiger partial charge in [-0.1, -0.05) is 86.3 Å². The number of hydrogen-bond acceptors (Lipinski definition) is 6. The molecule has 52 heavy (non-hydrogen) atoms. The molecule has 0 amide bonds. The molecule has 0 radical (unpaired) electrons. The minimum atomic E-state index is -0.289. The Morgan fingerprint density at radius 1 is 0.885 bits per heavy atom. The number of benzene rings is 1. The summed E-state index contributed by atoms with van der Waals surface area (Å²) in [5.41, 5.74) is 2.90. The molecular formula is C45H59N3O3S. The van der Waals surface area contributed by atoms with E-state index in [1.54, 1.807) is 6.07 Å². The second kappa shape index (κ2) is 25.1. The average Bonchev–Trinajstić information content (AvgIpc) is 3.65. The molecule has 1 unspecified atom stereocenters. The van der Waals surface area contributed by atoms with Crippen LogP contribution in [-0.2, 0) is 0 Å². The topological polar surface area (TPSA) is 72.7 Å². The van der Waals surface area contributed by atoms with Crippen LogP contribution < -0.4 is 15.6 Å². The Labute approximate surface area is 316 Å². The molecule has 0 saturated carbocycles. The third-order valence-electron chi connectivity index (χ3n) is 8.99. The number of carbonyl (C=O) groups is 1. The first kappa shape index (κ1) is 40.8. The number of ether oxygens (including phenoxy) is 1.